The monoisotopic (exact) mass is 155 g/mol. The maximum Gasteiger partial charge on any atom is 0.0594 e. The third-order valence-electron chi connectivity index (χ3n) is 2.33. The van der Waals surface area contributed by atoms with Gasteiger partial charge in [-0.15, -0.1) is 6.58 Å². The first-order valence-corrected chi connectivity index (χ1v) is 4.13. The summed E-state index contributed by atoms with van der Waals surface area (Å²) in [6.07, 6.45) is 2.00. The van der Waals surface area contributed by atoms with Crippen LogP contribution < -0.4 is 0 Å². The molecule has 1 heterocycles. The molecule has 0 spiro atoms. The lowest BCUT2D eigenvalue weighted by Crippen LogP contribution is -2.48. The second kappa shape index (κ2) is 3.37. The Bertz CT molecular complexity index is 136. The Morgan fingerprint density at radius 1 is 1.36 bits per heavy atom. The van der Waals surface area contributed by atoms with Crippen LogP contribution in [0.25, 0.3) is 0 Å². The lowest BCUT2D eigenvalue weighted by atomic mass is 10.0. The molecular formula is C9H17NO. The maximum atomic E-state index is 5.26. The van der Waals surface area contributed by atoms with Gasteiger partial charge >= 0.3 is 0 Å². The van der Waals surface area contributed by atoms with Crippen LogP contribution in [0.4, 0.5) is 0 Å². The average Bonchev–Trinajstić information content (AvgIpc) is 2.06. The van der Waals surface area contributed by atoms with Crippen molar-refractivity contribution in [2.24, 2.45) is 0 Å². The lowest BCUT2D eigenvalue weighted by molar-refractivity contribution is 0.00485. The molecule has 1 saturated heterocycles. The minimum Gasteiger partial charge on any atom is -0.379 e. The van der Waals surface area contributed by atoms with Gasteiger partial charge in [0, 0.05) is 18.6 Å². The zero-order chi connectivity index (χ0) is 8.32. The van der Waals surface area contributed by atoms with Gasteiger partial charge in [0.1, 0.15) is 0 Å². The van der Waals surface area contributed by atoms with Crippen molar-refractivity contribution in [1.29, 1.82) is 0 Å². The van der Waals surface area contributed by atoms with Crippen molar-refractivity contribution in [2.45, 2.75) is 19.4 Å². The van der Waals surface area contributed by atoms with E-state index in [4.69, 9.17) is 4.74 Å². The molecule has 0 bridgehead atoms. The molecule has 0 amide bonds. The van der Waals surface area contributed by atoms with Crippen LogP contribution in [0.15, 0.2) is 12.7 Å². The molecule has 64 valence electrons. The summed E-state index contributed by atoms with van der Waals surface area (Å²) in [6.45, 7) is 12.0. The van der Waals surface area contributed by atoms with E-state index in [0.717, 1.165) is 26.3 Å². The van der Waals surface area contributed by atoms with Crippen molar-refractivity contribution < 1.29 is 4.74 Å². The number of hydrogen-bond acceptors (Lipinski definition) is 2. The molecule has 0 aromatic rings. The molecular weight excluding hydrogens is 138 g/mol. The predicted octanol–water partition coefficient (Wildman–Crippen LogP) is 1.28. The van der Waals surface area contributed by atoms with Crippen LogP contribution >= 0.6 is 0 Å². The molecule has 0 atom stereocenters. The second-order valence-corrected chi connectivity index (χ2v) is 3.46. The van der Waals surface area contributed by atoms with Crippen LogP contribution in [0.2, 0.25) is 0 Å². The summed E-state index contributed by atoms with van der Waals surface area (Å²) >= 11 is 0. The van der Waals surface area contributed by atoms with Gasteiger partial charge in [0.2, 0.25) is 0 Å². The molecule has 0 aromatic heterocycles. The Labute approximate surface area is 68.8 Å². The SMILES string of the molecule is C=CC(C)(C)N1CCOCC1. The van der Waals surface area contributed by atoms with E-state index in [1.807, 2.05) is 6.08 Å². The molecule has 0 aliphatic carbocycles. The summed E-state index contributed by atoms with van der Waals surface area (Å²) in [5.74, 6) is 0. The van der Waals surface area contributed by atoms with Gasteiger partial charge < -0.3 is 4.74 Å². The lowest BCUT2D eigenvalue weighted by Gasteiger charge is -2.38. The predicted molar refractivity (Wildman–Crippen MR) is 46.7 cm³/mol. The Hall–Kier alpha value is -0.340. The third-order valence-corrected chi connectivity index (χ3v) is 2.33. The average molecular weight is 155 g/mol. The summed E-state index contributed by atoms with van der Waals surface area (Å²) in [4.78, 5) is 2.39. The molecule has 1 fully saturated rings. The molecule has 0 saturated carbocycles. The Morgan fingerprint density at radius 2 is 1.91 bits per heavy atom. The van der Waals surface area contributed by atoms with Crippen molar-refractivity contribution in [2.75, 3.05) is 26.3 Å². The molecule has 0 N–H and O–H groups in total. The van der Waals surface area contributed by atoms with Crippen molar-refractivity contribution in [3.8, 4) is 0 Å². The van der Waals surface area contributed by atoms with Gasteiger partial charge in [0.15, 0.2) is 0 Å². The first-order valence-electron chi connectivity index (χ1n) is 4.13. The zero-order valence-corrected chi connectivity index (χ0v) is 7.47. The normalized spacial score (nSPS) is 21.6. The van der Waals surface area contributed by atoms with Gasteiger partial charge in [-0.05, 0) is 13.8 Å². The molecule has 0 aromatic carbocycles. The Morgan fingerprint density at radius 3 is 2.36 bits per heavy atom. The molecule has 1 aliphatic heterocycles. The number of rotatable bonds is 2. The van der Waals surface area contributed by atoms with Crippen LogP contribution in [-0.2, 0) is 4.74 Å². The highest BCUT2D eigenvalue weighted by Gasteiger charge is 2.24. The summed E-state index contributed by atoms with van der Waals surface area (Å²) < 4.78 is 5.26. The number of nitrogens with zero attached hydrogens (tertiary/aromatic N) is 1. The minimum absolute atomic E-state index is 0.129. The van der Waals surface area contributed by atoms with Gasteiger partial charge in [0.25, 0.3) is 0 Å². The largest absolute Gasteiger partial charge is 0.379 e. The molecule has 0 radical (unpaired) electrons. The number of ether oxygens (including phenoxy) is 1. The van der Waals surface area contributed by atoms with E-state index in [9.17, 15) is 0 Å². The van der Waals surface area contributed by atoms with E-state index >= 15 is 0 Å². The third kappa shape index (κ3) is 2.04. The topological polar surface area (TPSA) is 12.5 Å². The fourth-order valence-electron chi connectivity index (χ4n) is 1.27. The highest BCUT2D eigenvalue weighted by Crippen LogP contribution is 2.16. The standard InChI is InChI=1S/C9H17NO/c1-4-9(2,3)10-5-7-11-8-6-10/h4H,1,5-8H2,2-3H3. The molecule has 0 unspecified atom stereocenters. The van der Waals surface area contributed by atoms with Crippen LogP contribution in [-0.4, -0.2) is 36.7 Å². The first-order chi connectivity index (χ1) is 5.17. The summed E-state index contributed by atoms with van der Waals surface area (Å²) in [7, 11) is 0. The summed E-state index contributed by atoms with van der Waals surface area (Å²) in [5, 5.41) is 0. The summed E-state index contributed by atoms with van der Waals surface area (Å²) in [6, 6.07) is 0. The molecule has 2 heteroatoms. The molecule has 1 aliphatic rings. The van der Waals surface area contributed by atoms with Gasteiger partial charge in [-0.25, -0.2) is 0 Å². The Balaban J connectivity index is 2.50. The van der Waals surface area contributed by atoms with E-state index < -0.39 is 0 Å². The number of morpholine rings is 1. The van der Waals surface area contributed by atoms with Gasteiger partial charge in [-0.2, -0.15) is 0 Å². The number of hydrogen-bond donors (Lipinski definition) is 0. The van der Waals surface area contributed by atoms with E-state index in [2.05, 4.69) is 25.3 Å². The maximum absolute atomic E-state index is 5.26. The molecule has 2 nitrogen and oxygen atoms in total. The van der Waals surface area contributed by atoms with E-state index in [0.29, 0.717) is 0 Å². The van der Waals surface area contributed by atoms with E-state index in [1.165, 1.54) is 0 Å². The van der Waals surface area contributed by atoms with Gasteiger partial charge in [0.05, 0.1) is 13.2 Å². The fourth-order valence-corrected chi connectivity index (χ4v) is 1.27. The highest BCUT2D eigenvalue weighted by atomic mass is 16.5. The quantitative estimate of drug-likeness (QED) is 0.557. The fraction of sp³-hybridized carbons (Fsp3) is 0.778. The van der Waals surface area contributed by atoms with Crippen LogP contribution in [0.1, 0.15) is 13.8 Å². The molecule has 1 rings (SSSR count). The zero-order valence-electron chi connectivity index (χ0n) is 7.47. The highest BCUT2D eigenvalue weighted by molar-refractivity contribution is 4.97. The van der Waals surface area contributed by atoms with Crippen molar-refractivity contribution in [3.63, 3.8) is 0 Å². The van der Waals surface area contributed by atoms with Gasteiger partial charge in [-0.1, -0.05) is 6.08 Å². The Kier molecular flexibility index (Phi) is 2.68. The van der Waals surface area contributed by atoms with Crippen molar-refractivity contribution >= 4 is 0 Å². The molecule has 11 heavy (non-hydrogen) atoms. The minimum atomic E-state index is 0.129. The van der Waals surface area contributed by atoms with Crippen molar-refractivity contribution in [1.82, 2.24) is 4.90 Å². The van der Waals surface area contributed by atoms with Crippen LogP contribution in [0.3, 0.4) is 0 Å². The van der Waals surface area contributed by atoms with E-state index in [-0.39, 0.29) is 5.54 Å². The first kappa shape index (κ1) is 8.75. The van der Waals surface area contributed by atoms with Crippen LogP contribution in [0, 0.1) is 0 Å². The van der Waals surface area contributed by atoms with Crippen LogP contribution in [0.5, 0.6) is 0 Å². The van der Waals surface area contributed by atoms with Gasteiger partial charge in [-0.3, -0.25) is 4.90 Å². The van der Waals surface area contributed by atoms with E-state index in [1.54, 1.807) is 0 Å². The van der Waals surface area contributed by atoms with Crippen molar-refractivity contribution in [3.05, 3.63) is 12.7 Å². The smallest absolute Gasteiger partial charge is 0.0594 e. The summed E-state index contributed by atoms with van der Waals surface area (Å²) in [5.41, 5.74) is 0.129. The second-order valence-electron chi connectivity index (χ2n) is 3.46.